The summed E-state index contributed by atoms with van der Waals surface area (Å²) < 4.78 is 5.57. The first-order valence-electron chi connectivity index (χ1n) is 9.16. The Kier molecular flexibility index (Phi) is 6.58. The van der Waals surface area contributed by atoms with E-state index >= 15 is 0 Å². The highest BCUT2D eigenvalue weighted by atomic mass is 35.5. The van der Waals surface area contributed by atoms with Crippen LogP contribution in [-0.4, -0.2) is 62.6 Å². The van der Waals surface area contributed by atoms with Gasteiger partial charge in [-0.3, -0.25) is 4.79 Å². The van der Waals surface area contributed by atoms with Crippen LogP contribution < -0.4 is 9.64 Å². The van der Waals surface area contributed by atoms with Crippen molar-refractivity contribution in [3.05, 3.63) is 59.1 Å². The maximum atomic E-state index is 12.4. The van der Waals surface area contributed by atoms with Gasteiger partial charge in [-0.2, -0.15) is 0 Å². The monoisotopic (exact) mass is 387 g/mol. The van der Waals surface area contributed by atoms with Crippen LogP contribution in [0.15, 0.2) is 48.5 Å². The summed E-state index contributed by atoms with van der Waals surface area (Å²) in [5.41, 5.74) is 2.51. The molecule has 1 saturated heterocycles. The number of carbonyl (C=O) groups is 1. The van der Waals surface area contributed by atoms with E-state index in [2.05, 4.69) is 48.2 Å². The highest BCUT2D eigenvalue weighted by Crippen LogP contribution is 2.23. The molecule has 2 aromatic rings. The Bertz CT molecular complexity index is 774. The predicted molar refractivity (Wildman–Crippen MR) is 110 cm³/mol. The highest BCUT2D eigenvalue weighted by molar-refractivity contribution is 6.32. The summed E-state index contributed by atoms with van der Waals surface area (Å²) in [6.07, 6.45) is 0. The van der Waals surface area contributed by atoms with Crippen molar-refractivity contribution in [2.24, 2.45) is 0 Å². The minimum atomic E-state index is -0.00377. The van der Waals surface area contributed by atoms with Crippen molar-refractivity contribution in [2.75, 3.05) is 51.8 Å². The maximum Gasteiger partial charge on any atom is 0.260 e. The molecule has 0 bridgehead atoms. The Hall–Kier alpha value is -2.24. The Labute approximate surface area is 166 Å². The summed E-state index contributed by atoms with van der Waals surface area (Å²) in [6, 6.07) is 15.8. The molecule has 0 spiro atoms. The largest absolute Gasteiger partial charge is 0.482 e. The van der Waals surface area contributed by atoms with Crippen LogP contribution >= 0.6 is 11.6 Å². The van der Waals surface area contributed by atoms with Crippen molar-refractivity contribution in [1.82, 2.24) is 9.80 Å². The van der Waals surface area contributed by atoms with Crippen molar-refractivity contribution in [1.29, 1.82) is 0 Å². The standard InChI is InChI=1S/C21H26ClN3O2/c1-23(2)15-17-6-5-7-18(14-17)24-10-12-25(13-11-24)21(26)16-27-20-9-4-3-8-19(20)22/h3-9,14H,10-13,15-16H2,1-2H3. The minimum Gasteiger partial charge on any atom is -0.482 e. The van der Waals surface area contributed by atoms with Crippen molar-refractivity contribution in [2.45, 2.75) is 6.54 Å². The summed E-state index contributed by atoms with van der Waals surface area (Å²) in [5.74, 6) is 0.541. The molecule has 0 atom stereocenters. The van der Waals surface area contributed by atoms with Gasteiger partial charge in [0.2, 0.25) is 0 Å². The quantitative estimate of drug-likeness (QED) is 0.763. The zero-order valence-electron chi connectivity index (χ0n) is 15.9. The molecule has 0 unspecified atom stereocenters. The van der Waals surface area contributed by atoms with Gasteiger partial charge in [0.05, 0.1) is 5.02 Å². The van der Waals surface area contributed by atoms with Gasteiger partial charge in [0, 0.05) is 38.4 Å². The topological polar surface area (TPSA) is 36.0 Å². The van der Waals surface area contributed by atoms with Crippen LogP contribution in [0, 0.1) is 0 Å². The molecule has 0 saturated carbocycles. The zero-order valence-corrected chi connectivity index (χ0v) is 16.7. The second-order valence-electron chi connectivity index (χ2n) is 6.99. The summed E-state index contributed by atoms with van der Waals surface area (Å²) in [6.45, 7) is 3.98. The molecular weight excluding hydrogens is 362 g/mol. The van der Waals surface area contributed by atoms with Crippen LogP contribution in [0.4, 0.5) is 5.69 Å². The molecule has 1 aliphatic rings. The second kappa shape index (κ2) is 9.11. The van der Waals surface area contributed by atoms with E-state index in [4.69, 9.17) is 16.3 Å². The summed E-state index contributed by atoms with van der Waals surface area (Å²) in [7, 11) is 4.14. The summed E-state index contributed by atoms with van der Waals surface area (Å²) in [5, 5.41) is 0.521. The average molecular weight is 388 g/mol. The van der Waals surface area contributed by atoms with E-state index in [0.717, 1.165) is 19.6 Å². The van der Waals surface area contributed by atoms with Crippen LogP contribution in [-0.2, 0) is 11.3 Å². The van der Waals surface area contributed by atoms with E-state index in [-0.39, 0.29) is 12.5 Å². The third-order valence-corrected chi connectivity index (χ3v) is 4.91. The number of rotatable bonds is 6. The Morgan fingerprint density at radius 2 is 1.81 bits per heavy atom. The van der Waals surface area contributed by atoms with Gasteiger partial charge in [-0.25, -0.2) is 0 Å². The fourth-order valence-electron chi connectivity index (χ4n) is 3.22. The van der Waals surface area contributed by atoms with E-state index in [1.807, 2.05) is 17.0 Å². The lowest BCUT2D eigenvalue weighted by atomic mass is 10.1. The number of ether oxygens (including phenoxy) is 1. The van der Waals surface area contributed by atoms with Gasteiger partial charge in [-0.05, 0) is 43.9 Å². The van der Waals surface area contributed by atoms with Crippen LogP contribution in [0.25, 0.3) is 0 Å². The molecule has 0 radical (unpaired) electrons. The van der Waals surface area contributed by atoms with Gasteiger partial charge in [-0.1, -0.05) is 35.9 Å². The fraction of sp³-hybridized carbons (Fsp3) is 0.381. The summed E-state index contributed by atoms with van der Waals surface area (Å²) >= 11 is 6.07. The van der Waals surface area contributed by atoms with Crippen LogP contribution in [0.1, 0.15) is 5.56 Å². The number of hydrogen-bond donors (Lipinski definition) is 0. The Morgan fingerprint density at radius 1 is 1.07 bits per heavy atom. The molecule has 144 valence electrons. The van der Waals surface area contributed by atoms with Gasteiger partial charge >= 0.3 is 0 Å². The van der Waals surface area contributed by atoms with Crippen molar-refractivity contribution in [3.63, 3.8) is 0 Å². The van der Waals surface area contributed by atoms with Gasteiger partial charge < -0.3 is 19.4 Å². The summed E-state index contributed by atoms with van der Waals surface area (Å²) in [4.78, 5) is 18.8. The van der Waals surface area contributed by atoms with E-state index in [1.54, 1.807) is 12.1 Å². The van der Waals surface area contributed by atoms with E-state index in [0.29, 0.717) is 23.9 Å². The number of nitrogens with zero attached hydrogens (tertiary/aromatic N) is 3. The SMILES string of the molecule is CN(C)Cc1cccc(N2CCN(C(=O)COc3ccccc3Cl)CC2)c1. The van der Waals surface area contributed by atoms with Crippen molar-refractivity contribution in [3.8, 4) is 5.75 Å². The molecule has 0 aliphatic carbocycles. The smallest absolute Gasteiger partial charge is 0.260 e. The van der Waals surface area contributed by atoms with Crippen LogP contribution in [0.3, 0.4) is 0 Å². The molecule has 0 N–H and O–H groups in total. The first kappa shape index (κ1) is 19.5. The van der Waals surface area contributed by atoms with Crippen LogP contribution in [0.5, 0.6) is 5.75 Å². The number of hydrogen-bond acceptors (Lipinski definition) is 4. The molecule has 0 aromatic heterocycles. The van der Waals surface area contributed by atoms with E-state index in [9.17, 15) is 4.79 Å². The average Bonchev–Trinajstić information content (AvgIpc) is 2.67. The third-order valence-electron chi connectivity index (χ3n) is 4.59. The number of carbonyl (C=O) groups excluding carboxylic acids is 1. The van der Waals surface area contributed by atoms with E-state index < -0.39 is 0 Å². The lowest BCUT2D eigenvalue weighted by Gasteiger charge is -2.36. The fourth-order valence-corrected chi connectivity index (χ4v) is 3.41. The molecular formula is C21H26ClN3O2. The number of anilines is 1. The van der Waals surface area contributed by atoms with E-state index in [1.165, 1.54) is 11.3 Å². The lowest BCUT2D eigenvalue weighted by molar-refractivity contribution is -0.133. The maximum absolute atomic E-state index is 12.4. The zero-order chi connectivity index (χ0) is 19.2. The molecule has 6 heteroatoms. The van der Waals surface area contributed by atoms with Crippen molar-refractivity contribution < 1.29 is 9.53 Å². The lowest BCUT2D eigenvalue weighted by Crippen LogP contribution is -2.50. The third kappa shape index (κ3) is 5.37. The molecule has 1 amide bonds. The molecule has 1 aliphatic heterocycles. The Balaban J connectivity index is 1.51. The van der Waals surface area contributed by atoms with Gasteiger partial charge in [-0.15, -0.1) is 0 Å². The molecule has 1 heterocycles. The molecule has 2 aromatic carbocycles. The predicted octanol–water partition coefficient (Wildman–Crippen LogP) is 3.13. The molecule has 1 fully saturated rings. The number of halogens is 1. The van der Waals surface area contributed by atoms with Gasteiger partial charge in [0.1, 0.15) is 5.75 Å². The number of para-hydroxylation sites is 1. The van der Waals surface area contributed by atoms with Gasteiger partial charge in [0.25, 0.3) is 5.91 Å². The number of benzene rings is 2. The Morgan fingerprint density at radius 3 is 2.52 bits per heavy atom. The van der Waals surface area contributed by atoms with Crippen LogP contribution in [0.2, 0.25) is 5.02 Å². The number of amides is 1. The second-order valence-corrected chi connectivity index (χ2v) is 7.40. The molecule has 5 nitrogen and oxygen atoms in total. The minimum absolute atomic E-state index is 0.00377. The normalized spacial score (nSPS) is 14.5. The number of piperazine rings is 1. The highest BCUT2D eigenvalue weighted by Gasteiger charge is 2.22. The van der Waals surface area contributed by atoms with Crippen molar-refractivity contribution >= 4 is 23.2 Å². The molecule has 3 rings (SSSR count). The first-order valence-corrected chi connectivity index (χ1v) is 9.54. The molecule has 27 heavy (non-hydrogen) atoms. The first-order chi connectivity index (χ1) is 13.0. The van der Waals surface area contributed by atoms with Gasteiger partial charge in [0.15, 0.2) is 6.61 Å².